The van der Waals surface area contributed by atoms with Gasteiger partial charge >= 0.3 is 0 Å². The fraction of sp³-hybridized carbons (Fsp3) is 0.571. The summed E-state index contributed by atoms with van der Waals surface area (Å²) < 4.78 is 0. The molecule has 0 aromatic heterocycles. The van der Waals surface area contributed by atoms with Crippen LogP contribution in [0.3, 0.4) is 0 Å². The molecule has 2 unspecified atom stereocenters. The van der Waals surface area contributed by atoms with Crippen molar-refractivity contribution in [2.24, 2.45) is 5.92 Å². The van der Waals surface area contributed by atoms with Gasteiger partial charge < -0.3 is 5.11 Å². The van der Waals surface area contributed by atoms with Crippen molar-refractivity contribution in [3.63, 3.8) is 0 Å². The molecule has 2 atom stereocenters. The van der Waals surface area contributed by atoms with Crippen molar-refractivity contribution in [1.29, 1.82) is 0 Å². The van der Waals surface area contributed by atoms with Crippen LogP contribution < -0.4 is 0 Å². The third-order valence-corrected chi connectivity index (χ3v) is 3.87. The van der Waals surface area contributed by atoms with E-state index >= 15 is 0 Å². The Morgan fingerprint density at radius 2 is 2.00 bits per heavy atom. The first-order valence-corrected chi connectivity index (χ1v) is 5.87. The minimum absolute atomic E-state index is 0.283. The average molecular weight is 204 g/mol. The topological polar surface area (TPSA) is 20.2 Å². The molecule has 1 aliphatic carbocycles. The predicted molar refractivity (Wildman–Crippen MR) is 62.8 cm³/mol. The molecule has 0 bridgehead atoms. The van der Waals surface area contributed by atoms with Crippen LogP contribution >= 0.6 is 0 Å². The molecule has 1 aliphatic rings. The van der Waals surface area contributed by atoms with Crippen molar-refractivity contribution in [3.8, 4) is 0 Å². The van der Waals surface area contributed by atoms with Gasteiger partial charge in [0.2, 0.25) is 0 Å². The molecule has 0 aliphatic heterocycles. The van der Waals surface area contributed by atoms with Gasteiger partial charge in [0.05, 0.1) is 5.60 Å². The van der Waals surface area contributed by atoms with Crippen LogP contribution in [0, 0.1) is 5.92 Å². The van der Waals surface area contributed by atoms with E-state index in [1.165, 1.54) is 5.56 Å². The highest BCUT2D eigenvalue weighted by Gasteiger charge is 2.38. The van der Waals surface area contributed by atoms with Crippen LogP contribution in [-0.2, 0) is 5.60 Å². The number of benzene rings is 1. The molecule has 1 aromatic rings. The van der Waals surface area contributed by atoms with Gasteiger partial charge in [-0.05, 0) is 35.8 Å². The van der Waals surface area contributed by atoms with Gasteiger partial charge in [0.25, 0.3) is 0 Å². The molecule has 2 rings (SSSR count). The first-order valence-electron chi connectivity index (χ1n) is 5.87. The van der Waals surface area contributed by atoms with E-state index in [9.17, 15) is 5.11 Å². The van der Waals surface area contributed by atoms with Crippen LogP contribution in [0.4, 0.5) is 0 Å². The van der Waals surface area contributed by atoms with E-state index < -0.39 is 5.60 Å². The predicted octanol–water partition coefficient (Wildman–Crippen LogP) is 3.43. The van der Waals surface area contributed by atoms with E-state index in [0.717, 1.165) is 18.4 Å². The largest absolute Gasteiger partial charge is 0.385 e. The minimum Gasteiger partial charge on any atom is -0.385 e. The third kappa shape index (κ3) is 1.59. The zero-order chi connectivity index (χ0) is 11.1. The van der Waals surface area contributed by atoms with E-state index in [1.54, 1.807) is 0 Å². The fourth-order valence-electron chi connectivity index (χ4n) is 2.65. The standard InChI is InChI=1S/C14H20O/c1-10(2)14(15)9-8-11(3)12-6-4-5-7-13(12)14/h4-7,10-11,15H,8-9H2,1-3H3. The maximum absolute atomic E-state index is 10.7. The Kier molecular flexibility index (Phi) is 2.59. The molecule has 0 saturated heterocycles. The Hall–Kier alpha value is -0.820. The Bertz CT molecular complexity index is 356. The van der Waals surface area contributed by atoms with Gasteiger partial charge in [-0.25, -0.2) is 0 Å². The maximum atomic E-state index is 10.7. The quantitative estimate of drug-likeness (QED) is 0.743. The van der Waals surface area contributed by atoms with Crippen LogP contribution in [0.5, 0.6) is 0 Å². The van der Waals surface area contributed by atoms with Gasteiger partial charge in [-0.3, -0.25) is 0 Å². The Morgan fingerprint density at radius 1 is 1.33 bits per heavy atom. The van der Waals surface area contributed by atoms with E-state index in [-0.39, 0.29) is 5.92 Å². The average Bonchev–Trinajstić information content (AvgIpc) is 2.24. The summed E-state index contributed by atoms with van der Waals surface area (Å²) in [6, 6.07) is 8.35. The van der Waals surface area contributed by atoms with Crippen LogP contribution in [-0.4, -0.2) is 5.11 Å². The lowest BCUT2D eigenvalue weighted by Gasteiger charge is -2.40. The summed E-state index contributed by atoms with van der Waals surface area (Å²) in [6.07, 6.45) is 1.98. The number of hydrogen-bond acceptors (Lipinski definition) is 1. The van der Waals surface area contributed by atoms with Crippen LogP contribution in [0.1, 0.15) is 50.7 Å². The normalized spacial score (nSPS) is 30.3. The third-order valence-electron chi connectivity index (χ3n) is 3.87. The van der Waals surface area contributed by atoms with Crippen molar-refractivity contribution in [2.45, 2.75) is 45.1 Å². The summed E-state index contributed by atoms with van der Waals surface area (Å²) in [4.78, 5) is 0. The second kappa shape index (κ2) is 3.64. The van der Waals surface area contributed by atoms with Gasteiger partial charge in [0, 0.05) is 0 Å². The lowest BCUT2D eigenvalue weighted by Crippen LogP contribution is -2.36. The molecule has 0 fully saturated rings. The lowest BCUT2D eigenvalue weighted by atomic mass is 9.70. The van der Waals surface area contributed by atoms with Gasteiger partial charge in [-0.2, -0.15) is 0 Å². The number of fused-ring (bicyclic) bond motifs is 1. The molecule has 1 heteroatoms. The molecular formula is C14H20O. The number of rotatable bonds is 1. The highest BCUT2D eigenvalue weighted by atomic mass is 16.3. The molecule has 15 heavy (non-hydrogen) atoms. The second-order valence-electron chi connectivity index (χ2n) is 5.11. The lowest BCUT2D eigenvalue weighted by molar-refractivity contribution is -0.0286. The van der Waals surface area contributed by atoms with Gasteiger partial charge in [-0.15, -0.1) is 0 Å². The van der Waals surface area contributed by atoms with Crippen molar-refractivity contribution < 1.29 is 5.11 Å². The molecule has 0 heterocycles. The first-order chi connectivity index (χ1) is 7.05. The molecule has 0 spiro atoms. The fourth-order valence-corrected chi connectivity index (χ4v) is 2.65. The molecule has 1 nitrogen and oxygen atoms in total. The van der Waals surface area contributed by atoms with E-state index in [0.29, 0.717) is 5.92 Å². The van der Waals surface area contributed by atoms with Crippen molar-refractivity contribution in [2.75, 3.05) is 0 Å². The summed E-state index contributed by atoms with van der Waals surface area (Å²) in [6.45, 7) is 6.46. The van der Waals surface area contributed by atoms with Crippen LogP contribution in [0.15, 0.2) is 24.3 Å². The van der Waals surface area contributed by atoms with Gasteiger partial charge in [-0.1, -0.05) is 45.0 Å². The monoisotopic (exact) mass is 204 g/mol. The molecule has 0 saturated carbocycles. The number of hydrogen-bond donors (Lipinski definition) is 1. The molecular weight excluding hydrogens is 184 g/mol. The van der Waals surface area contributed by atoms with Crippen LogP contribution in [0.25, 0.3) is 0 Å². The second-order valence-corrected chi connectivity index (χ2v) is 5.11. The van der Waals surface area contributed by atoms with Crippen molar-refractivity contribution >= 4 is 0 Å². The molecule has 0 radical (unpaired) electrons. The summed E-state index contributed by atoms with van der Waals surface area (Å²) >= 11 is 0. The minimum atomic E-state index is -0.608. The number of aliphatic hydroxyl groups is 1. The van der Waals surface area contributed by atoms with E-state index in [2.05, 4.69) is 39.0 Å². The van der Waals surface area contributed by atoms with Gasteiger partial charge in [0.1, 0.15) is 0 Å². The Labute approximate surface area is 92.1 Å². The van der Waals surface area contributed by atoms with Crippen molar-refractivity contribution in [3.05, 3.63) is 35.4 Å². The molecule has 1 N–H and O–H groups in total. The summed E-state index contributed by atoms with van der Waals surface area (Å²) in [5.74, 6) is 0.867. The summed E-state index contributed by atoms with van der Waals surface area (Å²) in [7, 11) is 0. The smallest absolute Gasteiger partial charge is 0.0922 e. The molecule has 0 amide bonds. The maximum Gasteiger partial charge on any atom is 0.0922 e. The Morgan fingerprint density at radius 3 is 2.67 bits per heavy atom. The first kappa shape index (κ1) is 10.7. The molecule has 1 aromatic carbocycles. The highest BCUT2D eigenvalue weighted by molar-refractivity contribution is 5.37. The SMILES string of the molecule is CC1CCC(O)(C(C)C)c2ccccc21. The zero-order valence-electron chi connectivity index (χ0n) is 9.83. The Balaban J connectivity index is 2.53. The molecule has 82 valence electrons. The highest BCUT2D eigenvalue weighted by Crippen LogP contribution is 2.44. The van der Waals surface area contributed by atoms with E-state index in [1.807, 2.05) is 6.07 Å². The summed E-state index contributed by atoms with van der Waals surface area (Å²) in [5.41, 5.74) is 1.88. The van der Waals surface area contributed by atoms with E-state index in [4.69, 9.17) is 0 Å². The van der Waals surface area contributed by atoms with Gasteiger partial charge in [0.15, 0.2) is 0 Å². The van der Waals surface area contributed by atoms with Crippen LogP contribution in [0.2, 0.25) is 0 Å². The zero-order valence-corrected chi connectivity index (χ0v) is 9.83. The summed E-state index contributed by atoms with van der Waals surface area (Å²) in [5, 5.41) is 10.7. The van der Waals surface area contributed by atoms with Crippen molar-refractivity contribution in [1.82, 2.24) is 0 Å².